The standard InChI is InChI=1S/C14H15BrN2O2S/c15-10-6-12(20-8-10)7-17-14(19)13(16)5-9-1-3-11(18)4-2-9/h1-4,6,8,13,18H,5,7,16H2,(H,17,19). The third-order valence-corrected chi connectivity index (χ3v) is 4.48. The van der Waals surface area contributed by atoms with E-state index in [0.717, 1.165) is 14.9 Å². The summed E-state index contributed by atoms with van der Waals surface area (Å²) in [6, 6.07) is 8.07. The van der Waals surface area contributed by atoms with Gasteiger partial charge in [0.2, 0.25) is 5.91 Å². The second-order valence-electron chi connectivity index (χ2n) is 4.43. The average Bonchev–Trinajstić information content (AvgIpc) is 2.84. The number of carbonyl (C=O) groups excluding carboxylic acids is 1. The number of aromatic hydroxyl groups is 1. The molecule has 1 amide bonds. The average molecular weight is 355 g/mol. The molecule has 20 heavy (non-hydrogen) atoms. The number of benzene rings is 1. The maximum atomic E-state index is 11.9. The first-order valence-corrected chi connectivity index (χ1v) is 7.76. The molecule has 2 aromatic rings. The lowest BCUT2D eigenvalue weighted by Gasteiger charge is -2.12. The minimum absolute atomic E-state index is 0.178. The number of hydrogen-bond donors (Lipinski definition) is 3. The molecular weight excluding hydrogens is 340 g/mol. The number of halogens is 1. The van der Waals surface area contributed by atoms with Crippen LogP contribution in [0.15, 0.2) is 40.2 Å². The van der Waals surface area contributed by atoms with Crippen LogP contribution in [0.2, 0.25) is 0 Å². The molecule has 4 nitrogen and oxygen atoms in total. The fraction of sp³-hybridized carbons (Fsp3) is 0.214. The molecule has 0 spiro atoms. The number of carbonyl (C=O) groups is 1. The quantitative estimate of drug-likeness (QED) is 0.771. The Balaban J connectivity index is 1.84. The Morgan fingerprint density at radius 3 is 2.70 bits per heavy atom. The molecular formula is C14H15BrN2O2S. The monoisotopic (exact) mass is 354 g/mol. The van der Waals surface area contributed by atoms with E-state index >= 15 is 0 Å². The van der Waals surface area contributed by atoms with Gasteiger partial charge >= 0.3 is 0 Å². The summed E-state index contributed by atoms with van der Waals surface area (Å²) < 4.78 is 1.01. The van der Waals surface area contributed by atoms with Crippen molar-refractivity contribution in [1.29, 1.82) is 0 Å². The molecule has 0 bridgehead atoms. The van der Waals surface area contributed by atoms with Crippen molar-refractivity contribution in [3.63, 3.8) is 0 Å². The summed E-state index contributed by atoms with van der Waals surface area (Å²) in [5, 5.41) is 14.0. The summed E-state index contributed by atoms with van der Waals surface area (Å²) in [7, 11) is 0. The van der Waals surface area contributed by atoms with Crippen LogP contribution in [-0.2, 0) is 17.8 Å². The second-order valence-corrected chi connectivity index (χ2v) is 6.34. The largest absolute Gasteiger partial charge is 0.508 e. The Kier molecular flexibility index (Phi) is 5.17. The van der Waals surface area contributed by atoms with Crippen molar-refractivity contribution >= 4 is 33.2 Å². The topological polar surface area (TPSA) is 75.3 Å². The van der Waals surface area contributed by atoms with Crippen molar-refractivity contribution in [3.8, 4) is 5.75 Å². The smallest absolute Gasteiger partial charge is 0.237 e. The van der Waals surface area contributed by atoms with Crippen LogP contribution < -0.4 is 11.1 Å². The summed E-state index contributed by atoms with van der Waals surface area (Å²) in [5.74, 6) is 0.0256. The normalized spacial score (nSPS) is 12.1. The Bertz CT molecular complexity index is 583. The first-order valence-electron chi connectivity index (χ1n) is 6.08. The van der Waals surface area contributed by atoms with Gasteiger partial charge in [0.05, 0.1) is 12.6 Å². The molecule has 0 saturated carbocycles. The van der Waals surface area contributed by atoms with Gasteiger partial charge in [-0.1, -0.05) is 12.1 Å². The lowest BCUT2D eigenvalue weighted by Crippen LogP contribution is -2.41. The molecule has 0 aliphatic carbocycles. The zero-order chi connectivity index (χ0) is 14.5. The Morgan fingerprint density at radius 1 is 1.40 bits per heavy atom. The lowest BCUT2D eigenvalue weighted by atomic mass is 10.1. The molecule has 1 heterocycles. The van der Waals surface area contributed by atoms with Crippen molar-refractivity contribution in [3.05, 3.63) is 50.6 Å². The summed E-state index contributed by atoms with van der Waals surface area (Å²) in [5.41, 5.74) is 6.80. The van der Waals surface area contributed by atoms with Crippen LogP contribution in [0.4, 0.5) is 0 Å². The molecule has 4 N–H and O–H groups in total. The summed E-state index contributed by atoms with van der Waals surface area (Å²) in [4.78, 5) is 13.0. The number of nitrogens with one attached hydrogen (secondary N) is 1. The van der Waals surface area contributed by atoms with E-state index in [1.807, 2.05) is 11.4 Å². The van der Waals surface area contributed by atoms with Gasteiger partial charge in [-0.3, -0.25) is 4.79 Å². The minimum Gasteiger partial charge on any atom is -0.508 e. The van der Waals surface area contributed by atoms with Crippen molar-refractivity contribution in [1.82, 2.24) is 5.32 Å². The summed E-state index contributed by atoms with van der Waals surface area (Å²) in [6.07, 6.45) is 0.445. The van der Waals surface area contributed by atoms with Gasteiger partial charge in [0.25, 0.3) is 0 Å². The number of rotatable bonds is 5. The van der Waals surface area contributed by atoms with E-state index in [2.05, 4.69) is 21.2 Å². The van der Waals surface area contributed by atoms with Crippen LogP contribution in [-0.4, -0.2) is 17.1 Å². The third-order valence-electron chi connectivity index (χ3n) is 2.79. The van der Waals surface area contributed by atoms with Gasteiger partial charge in [-0.25, -0.2) is 0 Å². The van der Waals surface area contributed by atoms with Crippen molar-refractivity contribution < 1.29 is 9.90 Å². The van der Waals surface area contributed by atoms with Crippen molar-refractivity contribution in [2.24, 2.45) is 5.73 Å². The Labute approximate surface area is 129 Å². The highest BCUT2D eigenvalue weighted by Gasteiger charge is 2.14. The zero-order valence-electron chi connectivity index (χ0n) is 10.7. The number of amides is 1. The van der Waals surface area contributed by atoms with Gasteiger partial charge < -0.3 is 16.2 Å². The van der Waals surface area contributed by atoms with Crippen molar-refractivity contribution in [2.75, 3.05) is 0 Å². The SMILES string of the molecule is NC(Cc1ccc(O)cc1)C(=O)NCc1cc(Br)cs1. The molecule has 106 valence electrons. The molecule has 0 radical (unpaired) electrons. The summed E-state index contributed by atoms with van der Waals surface area (Å²) in [6.45, 7) is 0.485. The first-order chi connectivity index (χ1) is 9.54. The van der Waals surface area contributed by atoms with Gasteiger partial charge in [-0.2, -0.15) is 0 Å². The van der Waals surface area contributed by atoms with Crippen LogP contribution >= 0.6 is 27.3 Å². The van der Waals surface area contributed by atoms with Gasteiger partial charge in [0.1, 0.15) is 5.75 Å². The van der Waals surface area contributed by atoms with Gasteiger partial charge in [0, 0.05) is 14.7 Å². The number of phenols is 1. The van der Waals surface area contributed by atoms with Gasteiger partial charge in [0.15, 0.2) is 0 Å². The van der Waals surface area contributed by atoms with E-state index in [-0.39, 0.29) is 11.7 Å². The van der Waals surface area contributed by atoms with Gasteiger partial charge in [-0.05, 0) is 46.1 Å². The predicted octanol–water partition coefficient (Wildman–Crippen LogP) is 2.40. The van der Waals surface area contributed by atoms with Crippen LogP contribution in [0.1, 0.15) is 10.4 Å². The first kappa shape index (κ1) is 15.0. The maximum absolute atomic E-state index is 11.9. The summed E-state index contributed by atoms with van der Waals surface area (Å²) >= 11 is 4.95. The van der Waals surface area contributed by atoms with Crippen LogP contribution in [0.5, 0.6) is 5.75 Å². The number of phenolic OH excluding ortho intramolecular Hbond substituents is 1. The van der Waals surface area contributed by atoms with E-state index < -0.39 is 6.04 Å². The van der Waals surface area contributed by atoms with E-state index in [9.17, 15) is 9.90 Å². The highest BCUT2D eigenvalue weighted by Crippen LogP contribution is 2.19. The number of hydrogen-bond acceptors (Lipinski definition) is 4. The second kappa shape index (κ2) is 6.88. The highest BCUT2D eigenvalue weighted by atomic mass is 79.9. The van der Waals surface area contributed by atoms with Crippen LogP contribution in [0.3, 0.4) is 0 Å². The van der Waals surface area contributed by atoms with Crippen LogP contribution in [0, 0.1) is 0 Å². The molecule has 1 aromatic heterocycles. The molecule has 0 aliphatic heterocycles. The third kappa shape index (κ3) is 4.33. The molecule has 0 aliphatic rings. The van der Waals surface area contributed by atoms with E-state index in [0.29, 0.717) is 13.0 Å². The molecule has 2 rings (SSSR count). The molecule has 6 heteroatoms. The fourth-order valence-corrected chi connectivity index (χ4v) is 3.12. The number of nitrogens with two attached hydrogens (primary N) is 1. The van der Waals surface area contributed by atoms with E-state index in [1.165, 1.54) is 0 Å². The molecule has 0 fully saturated rings. The maximum Gasteiger partial charge on any atom is 0.237 e. The molecule has 1 aromatic carbocycles. The number of thiophene rings is 1. The Morgan fingerprint density at radius 2 is 2.10 bits per heavy atom. The van der Waals surface area contributed by atoms with Gasteiger partial charge in [-0.15, -0.1) is 11.3 Å². The Hall–Kier alpha value is -1.37. The fourth-order valence-electron chi connectivity index (χ4n) is 1.73. The lowest BCUT2D eigenvalue weighted by molar-refractivity contribution is -0.122. The zero-order valence-corrected chi connectivity index (χ0v) is 13.1. The minimum atomic E-state index is -0.594. The highest BCUT2D eigenvalue weighted by molar-refractivity contribution is 9.10. The van der Waals surface area contributed by atoms with Crippen LogP contribution in [0.25, 0.3) is 0 Å². The predicted molar refractivity (Wildman–Crippen MR) is 83.7 cm³/mol. The van der Waals surface area contributed by atoms with Crippen molar-refractivity contribution in [2.45, 2.75) is 19.0 Å². The molecule has 1 atom stereocenters. The van der Waals surface area contributed by atoms with E-state index in [4.69, 9.17) is 5.73 Å². The molecule has 0 saturated heterocycles. The molecule has 1 unspecified atom stereocenters. The van der Waals surface area contributed by atoms with E-state index in [1.54, 1.807) is 35.6 Å².